The largest absolute Gasteiger partial charge is 0.373 e. The number of hydrogen-bond donors (Lipinski definition) is 0. The molecule has 0 radical (unpaired) electrons. The highest BCUT2D eigenvalue weighted by atomic mass is 35.5. The van der Waals surface area contributed by atoms with Crippen molar-refractivity contribution in [2.45, 2.75) is 45.3 Å². The van der Waals surface area contributed by atoms with Crippen molar-refractivity contribution in [3.63, 3.8) is 0 Å². The number of ether oxygens (including phenoxy) is 1. The summed E-state index contributed by atoms with van der Waals surface area (Å²) in [5, 5.41) is 0. The predicted molar refractivity (Wildman–Crippen MR) is 82.5 cm³/mol. The maximum Gasteiger partial charge on any atom is 0.111 e. The molecule has 1 aromatic heterocycles. The van der Waals surface area contributed by atoms with Gasteiger partial charge < -0.3 is 9.30 Å². The molecule has 0 bridgehead atoms. The molecule has 1 aromatic carbocycles. The van der Waals surface area contributed by atoms with Gasteiger partial charge in [-0.05, 0) is 44.4 Å². The van der Waals surface area contributed by atoms with Crippen LogP contribution in [0.15, 0.2) is 18.2 Å². The molecule has 0 N–H and O–H groups in total. The van der Waals surface area contributed by atoms with E-state index < -0.39 is 0 Å². The highest BCUT2D eigenvalue weighted by molar-refractivity contribution is 6.17. The van der Waals surface area contributed by atoms with Gasteiger partial charge in [-0.2, -0.15) is 0 Å². The second kappa shape index (κ2) is 5.38. The van der Waals surface area contributed by atoms with E-state index in [1.807, 2.05) is 0 Å². The lowest BCUT2D eigenvalue weighted by molar-refractivity contribution is 0.00653. The summed E-state index contributed by atoms with van der Waals surface area (Å²) in [7, 11) is 0. The molecule has 0 saturated carbocycles. The minimum absolute atomic E-state index is 0.0710. The maximum atomic E-state index is 5.94. The molecule has 1 atom stereocenters. The quantitative estimate of drug-likeness (QED) is 0.804. The van der Waals surface area contributed by atoms with Crippen LogP contribution in [0, 0.1) is 6.92 Å². The molecule has 20 heavy (non-hydrogen) atoms. The molecule has 1 saturated heterocycles. The van der Waals surface area contributed by atoms with Gasteiger partial charge >= 0.3 is 0 Å². The average molecular weight is 293 g/mol. The van der Waals surface area contributed by atoms with E-state index in [2.05, 4.69) is 36.6 Å². The number of hydrogen-bond acceptors (Lipinski definition) is 2. The van der Waals surface area contributed by atoms with Crippen LogP contribution in [0.3, 0.4) is 0 Å². The number of rotatable bonds is 4. The number of benzene rings is 1. The highest BCUT2D eigenvalue weighted by Gasteiger charge is 2.31. The monoisotopic (exact) mass is 292 g/mol. The Morgan fingerprint density at radius 1 is 1.45 bits per heavy atom. The third-order valence-corrected chi connectivity index (χ3v) is 4.28. The second-order valence-corrected chi connectivity index (χ2v) is 6.33. The fraction of sp³-hybridized carbons (Fsp3) is 0.562. The van der Waals surface area contributed by atoms with Crippen LogP contribution in [0.5, 0.6) is 0 Å². The number of alkyl halides is 1. The van der Waals surface area contributed by atoms with Crippen molar-refractivity contribution < 1.29 is 4.74 Å². The summed E-state index contributed by atoms with van der Waals surface area (Å²) >= 11 is 5.93. The smallest absolute Gasteiger partial charge is 0.111 e. The van der Waals surface area contributed by atoms with Crippen LogP contribution in [0.2, 0.25) is 0 Å². The Morgan fingerprint density at radius 3 is 3.00 bits per heavy atom. The first-order valence-electron chi connectivity index (χ1n) is 7.27. The maximum absolute atomic E-state index is 5.94. The fourth-order valence-electron chi connectivity index (χ4n) is 3.03. The van der Waals surface area contributed by atoms with Crippen LogP contribution in [0.1, 0.15) is 31.2 Å². The van der Waals surface area contributed by atoms with Gasteiger partial charge in [0.25, 0.3) is 0 Å². The van der Waals surface area contributed by atoms with Crippen LogP contribution < -0.4 is 0 Å². The number of aromatic nitrogens is 2. The molecule has 0 spiro atoms. The van der Waals surface area contributed by atoms with Gasteiger partial charge in [-0.1, -0.05) is 6.07 Å². The molecule has 1 fully saturated rings. The van der Waals surface area contributed by atoms with E-state index in [4.69, 9.17) is 21.3 Å². The molecule has 108 valence electrons. The Balaban J connectivity index is 2.05. The third kappa shape index (κ3) is 2.57. The van der Waals surface area contributed by atoms with Crippen LogP contribution in [-0.4, -0.2) is 27.6 Å². The number of halogens is 1. The van der Waals surface area contributed by atoms with Crippen molar-refractivity contribution in [1.29, 1.82) is 0 Å². The molecule has 4 heteroatoms. The molecule has 3 rings (SSSR count). The molecule has 0 amide bonds. The average Bonchev–Trinajstić information content (AvgIpc) is 2.97. The number of imidazole rings is 1. The summed E-state index contributed by atoms with van der Waals surface area (Å²) in [5.41, 5.74) is 3.44. The fourth-order valence-corrected chi connectivity index (χ4v) is 3.20. The molecular formula is C16H21ClN2O. The predicted octanol–water partition coefficient (Wildman–Crippen LogP) is 3.70. The van der Waals surface area contributed by atoms with Gasteiger partial charge in [-0.25, -0.2) is 4.98 Å². The molecule has 1 unspecified atom stereocenters. The lowest BCUT2D eigenvalue weighted by atomic mass is 10.0. The van der Waals surface area contributed by atoms with Crippen molar-refractivity contribution >= 4 is 22.6 Å². The van der Waals surface area contributed by atoms with Crippen molar-refractivity contribution in [3.05, 3.63) is 29.6 Å². The Bertz CT molecular complexity index is 614. The van der Waals surface area contributed by atoms with Crippen molar-refractivity contribution in [3.8, 4) is 0 Å². The van der Waals surface area contributed by atoms with Crippen molar-refractivity contribution in [1.82, 2.24) is 9.55 Å². The van der Waals surface area contributed by atoms with Crippen molar-refractivity contribution in [2.75, 3.05) is 12.5 Å². The standard InChI is InChI=1S/C16H21ClN2O/c1-12-4-5-13-14(10-12)19(15(18-13)6-8-17)11-16(2)7-3-9-20-16/h4-5,10H,3,6-9,11H2,1-2H3. The first-order chi connectivity index (χ1) is 9.61. The molecule has 2 heterocycles. The van der Waals surface area contributed by atoms with E-state index in [1.165, 1.54) is 11.1 Å². The minimum Gasteiger partial charge on any atom is -0.373 e. The first-order valence-corrected chi connectivity index (χ1v) is 7.80. The number of aryl methyl sites for hydroxylation is 2. The summed E-state index contributed by atoms with van der Waals surface area (Å²) in [5.74, 6) is 1.66. The van der Waals surface area contributed by atoms with Gasteiger partial charge in [0, 0.05) is 18.9 Å². The SMILES string of the molecule is Cc1ccc2nc(CCCl)n(CC3(C)CCCO3)c2c1. The molecule has 0 aliphatic carbocycles. The first kappa shape index (κ1) is 13.9. The summed E-state index contributed by atoms with van der Waals surface area (Å²) in [6.07, 6.45) is 3.05. The topological polar surface area (TPSA) is 27.1 Å². The van der Waals surface area contributed by atoms with Gasteiger partial charge in [0.1, 0.15) is 5.82 Å². The van der Waals surface area contributed by atoms with E-state index in [-0.39, 0.29) is 5.60 Å². The zero-order valence-corrected chi connectivity index (χ0v) is 12.9. The van der Waals surface area contributed by atoms with E-state index in [9.17, 15) is 0 Å². The van der Waals surface area contributed by atoms with Gasteiger partial charge in [-0.3, -0.25) is 0 Å². The summed E-state index contributed by atoms with van der Waals surface area (Å²) in [6, 6.07) is 6.41. The molecule has 1 aliphatic heterocycles. The Kier molecular flexibility index (Phi) is 3.74. The second-order valence-electron chi connectivity index (χ2n) is 5.95. The zero-order chi connectivity index (χ0) is 14.2. The van der Waals surface area contributed by atoms with Crippen LogP contribution in [-0.2, 0) is 17.7 Å². The zero-order valence-electron chi connectivity index (χ0n) is 12.2. The Hall–Kier alpha value is -1.06. The van der Waals surface area contributed by atoms with Gasteiger partial charge in [0.2, 0.25) is 0 Å². The normalized spacial score (nSPS) is 22.8. The molecule has 1 aliphatic rings. The highest BCUT2D eigenvalue weighted by Crippen LogP contribution is 2.29. The third-order valence-electron chi connectivity index (χ3n) is 4.09. The van der Waals surface area contributed by atoms with E-state index in [1.54, 1.807) is 0 Å². The Labute approximate surface area is 124 Å². The van der Waals surface area contributed by atoms with Crippen LogP contribution in [0.25, 0.3) is 11.0 Å². The van der Waals surface area contributed by atoms with Crippen LogP contribution >= 0.6 is 11.6 Å². The Morgan fingerprint density at radius 2 is 2.30 bits per heavy atom. The molecule has 3 nitrogen and oxygen atoms in total. The van der Waals surface area contributed by atoms with Crippen molar-refractivity contribution in [2.24, 2.45) is 0 Å². The summed E-state index contributed by atoms with van der Waals surface area (Å²) in [6.45, 7) is 6.05. The van der Waals surface area contributed by atoms with E-state index in [0.29, 0.717) is 5.88 Å². The minimum atomic E-state index is -0.0710. The molecule has 2 aromatic rings. The van der Waals surface area contributed by atoms with E-state index >= 15 is 0 Å². The van der Waals surface area contributed by atoms with E-state index in [0.717, 1.165) is 43.8 Å². The van der Waals surface area contributed by atoms with Gasteiger partial charge in [-0.15, -0.1) is 11.6 Å². The van der Waals surface area contributed by atoms with Gasteiger partial charge in [0.05, 0.1) is 23.2 Å². The summed E-state index contributed by atoms with van der Waals surface area (Å²) < 4.78 is 8.25. The number of fused-ring (bicyclic) bond motifs is 1. The molecular weight excluding hydrogens is 272 g/mol. The lowest BCUT2D eigenvalue weighted by Crippen LogP contribution is -2.30. The van der Waals surface area contributed by atoms with Gasteiger partial charge in [0.15, 0.2) is 0 Å². The lowest BCUT2D eigenvalue weighted by Gasteiger charge is -2.25. The summed E-state index contributed by atoms with van der Waals surface area (Å²) in [4.78, 5) is 4.74. The van der Waals surface area contributed by atoms with Crippen LogP contribution in [0.4, 0.5) is 0 Å². The number of nitrogens with zero attached hydrogens (tertiary/aromatic N) is 2.